The number of hydrogen-bond acceptors (Lipinski definition) is 4. The van der Waals surface area contributed by atoms with Crippen molar-refractivity contribution >= 4 is 28.4 Å². The molecule has 0 aliphatic carbocycles. The average molecular weight is 284 g/mol. The highest BCUT2D eigenvalue weighted by molar-refractivity contribution is 6.01. The fraction of sp³-hybridized carbons (Fsp3) is 0.267. The van der Waals surface area contributed by atoms with Gasteiger partial charge in [-0.3, -0.25) is 9.59 Å². The molecule has 1 saturated heterocycles. The van der Waals surface area contributed by atoms with Gasteiger partial charge >= 0.3 is 0 Å². The molecule has 1 aliphatic rings. The Bertz CT molecular complexity index is 729. The molecule has 0 bridgehead atoms. The number of nitrogens with zero attached hydrogens (tertiary/aromatic N) is 2. The van der Waals surface area contributed by atoms with Gasteiger partial charge in [-0.05, 0) is 18.4 Å². The van der Waals surface area contributed by atoms with E-state index in [2.05, 4.69) is 10.3 Å². The summed E-state index contributed by atoms with van der Waals surface area (Å²) in [4.78, 5) is 30.0. The van der Waals surface area contributed by atoms with Crippen molar-refractivity contribution in [3.05, 3.63) is 36.0 Å². The molecular formula is C15H16N4O2. The molecule has 21 heavy (non-hydrogen) atoms. The molecule has 1 unspecified atom stereocenters. The largest absolute Gasteiger partial charge is 0.383 e. The maximum Gasteiger partial charge on any atom is 0.273 e. The van der Waals surface area contributed by atoms with Crippen LogP contribution in [-0.4, -0.2) is 40.8 Å². The molecule has 6 heteroatoms. The maximum absolute atomic E-state index is 12.6. The second kappa shape index (κ2) is 5.05. The predicted octanol–water partition coefficient (Wildman–Crippen LogP) is 0.777. The molecule has 1 aliphatic heterocycles. The van der Waals surface area contributed by atoms with Gasteiger partial charge in [-0.15, -0.1) is 0 Å². The van der Waals surface area contributed by atoms with Crippen LogP contribution in [0.15, 0.2) is 30.3 Å². The first-order chi connectivity index (χ1) is 10.1. The lowest BCUT2D eigenvalue weighted by Gasteiger charge is -2.32. The van der Waals surface area contributed by atoms with Gasteiger partial charge in [0.05, 0.1) is 0 Å². The minimum atomic E-state index is -0.499. The summed E-state index contributed by atoms with van der Waals surface area (Å²) in [5.74, 6) is -0.0938. The van der Waals surface area contributed by atoms with Gasteiger partial charge in [-0.25, -0.2) is 4.98 Å². The first-order valence-electron chi connectivity index (χ1n) is 6.82. The number of aromatic nitrogens is 1. The van der Waals surface area contributed by atoms with E-state index in [1.54, 1.807) is 13.0 Å². The molecule has 6 nitrogen and oxygen atoms in total. The second-order valence-electron chi connectivity index (χ2n) is 5.08. The molecule has 2 heterocycles. The Kier molecular flexibility index (Phi) is 3.21. The lowest BCUT2D eigenvalue weighted by molar-refractivity contribution is -0.127. The van der Waals surface area contributed by atoms with Gasteiger partial charge < -0.3 is 16.0 Å². The zero-order chi connectivity index (χ0) is 15.0. The monoisotopic (exact) mass is 284 g/mol. The highest BCUT2D eigenvalue weighted by Crippen LogP contribution is 2.21. The molecular weight excluding hydrogens is 268 g/mol. The van der Waals surface area contributed by atoms with Crippen LogP contribution in [0.5, 0.6) is 0 Å². The molecule has 2 amide bonds. The Morgan fingerprint density at radius 2 is 2.19 bits per heavy atom. The van der Waals surface area contributed by atoms with Crippen LogP contribution in [0.25, 0.3) is 10.8 Å². The van der Waals surface area contributed by atoms with Crippen molar-refractivity contribution in [1.82, 2.24) is 15.2 Å². The number of fused-ring (bicyclic) bond motifs is 1. The van der Waals surface area contributed by atoms with Crippen LogP contribution in [0.4, 0.5) is 5.82 Å². The van der Waals surface area contributed by atoms with Crippen molar-refractivity contribution in [1.29, 1.82) is 0 Å². The minimum absolute atomic E-state index is 0.150. The SMILES string of the molecule is CC1C(=O)NCCN1C(=O)c1cc2ccccc2c(N)n1. The number of nitrogens with one attached hydrogen (secondary N) is 1. The highest BCUT2D eigenvalue weighted by Gasteiger charge is 2.30. The summed E-state index contributed by atoms with van der Waals surface area (Å²) in [6.45, 7) is 2.63. The van der Waals surface area contributed by atoms with E-state index in [0.717, 1.165) is 10.8 Å². The molecule has 0 radical (unpaired) electrons. The van der Waals surface area contributed by atoms with Crippen molar-refractivity contribution in [3.63, 3.8) is 0 Å². The Balaban J connectivity index is 2.00. The van der Waals surface area contributed by atoms with Crippen molar-refractivity contribution < 1.29 is 9.59 Å². The lowest BCUT2D eigenvalue weighted by atomic mass is 10.1. The van der Waals surface area contributed by atoms with E-state index < -0.39 is 6.04 Å². The summed E-state index contributed by atoms with van der Waals surface area (Å²) < 4.78 is 0. The quantitative estimate of drug-likeness (QED) is 0.810. The minimum Gasteiger partial charge on any atom is -0.383 e. The molecule has 1 aromatic carbocycles. The van der Waals surface area contributed by atoms with Crippen LogP contribution in [-0.2, 0) is 4.79 Å². The van der Waals surface area contributed by atoms with Crippen LogP contribution in [0.2, 0.25) is 0 Å². The highest BCUT2D eigenvalue weighted by atomic mass is 16.2. The standard InChI is InChI=1S/C15H16N4O2/c1-9-14(20)17-6-7-19(9)15(21)12-8-10-4-2-3-5-11(10)13(16)18-12/h2-5,8-9H,6-7H2,1H3,(H2,16,18)(H,17,20). The number of anilines is 1. The Morgan fingerprint density at radius 3 is 3.00 bits per heavy atom. The van der Waals surface area contributed by atoms with Gasteiger partial charge in [0.2, 0.25) is 5.91 Å². The Labute approximate surface area is 121 Å². The first kappa shape index (κ1) is 13.4. The van der Waals surface area contributed by atoms with E-state index >= 15 is 0 Å². The van der Waals surface area contributed by atoms with Crippen LogP contribution < -0.4 is 11.1 Å². The molecule has 0 saturated carbocycles. The van der Waals surface area contributed by atoms with E-state index in [0.29, 0.717) is 18.9 Å². The van der Waals surface area contributed by atoms with Crippen LogP contribution >= 0.6 is 0 Å². The number of hydrogen-bond donors (Lipinski definition) is 2. The fourth-order valence-corrected chi connectivity index (χ4v) is 2.54. The maximum atomic E-state index is 12.6. The summed E-state index contributed by atoms with van der Waals surface area (Å²) in [5, 5.41) is 4.41. The van der Waals surface area contributed by atoms with Gasteiger partial charge in [0.15, 0.2) is 0 Å². The molecule has 1 fully saturated rings. The molecule has 3 N–H and O–H groups in total. The second-order valence-corrected chi connectivity index (χ2v) is 5.08. The van der Waals surface area contributed by atoms with Gasteiger partial charge in [0, 0.05) is 18.5 Å². The van der Waals surface area contributed by atoms with Gasteiger partial charge in [-0.2, -0.15) is 0 Å². The molecule has 0 spiro atoms. The van der Waals surface area contributed by atoms with Crippen LogP contribution in [0.1, 0.15) is 17.4 Å². The summed E-state index contributed by atoms with van der Waals surface area (Å²) in [6, 6.07) is 8.72. The van der Waals surface area contributed by atoms with Crippen molar-refractivity contribution in [2.45, 2.75) is 13.0 Å². The molecule has 3 rings (SSSR count). The van der Waals surface area contributed by atoms with E-state index in [9.17, 15) is 9.59 Å². The zero-order valence-corrected chi connectivity index (χ0v) is 11.7. The number of nitrogens with two attached hydrogens (primary N) is 1. The summed E-state index contributed by atoms with van der Waals surface area (Å²) >= 11 is 0. The number of rotatable bonds is 1. The van der Waals surface area contributed by atoms with E-state index in [4.69, 9.17) is 5.73 Å². The third-order valence-corrected chi connectivity index (χ3v) is 3.75. The topological polar surface area (TPSA) is 88.3 Å². The van der Waals surface area contributed by atoms with Gasteiger partial charge in [0.25, 0.3) is 5.91 Å². The normalized spacial score (nSPS) is 18.6. The summed E-state index contributed by atoms with van der Waals surface area (Å²) in [6.07, 6.45) is 0. The number of carbonyl (C=O) groups is 2. The lowest BCUT2D eigenvalue weighted by Crippen LogP contribution is -2.55. The number of amides is 2. The summed E-state index contributed by atoms with van der Waals surface area (Å²) in [5.41, 5.74) is 6.20. The van der Waals surface area contributed by atoms with Crippen molar-refractivity contribution in [2.24, 2.45) is 0 Å². The van der Waals surface area contributed by atoms with Crippen molar-refractivity contribution in [3.8, 4) is 0 Å². The van der Waals surface area contributed by atoms with E-state index in [1.807, 2.05) is 24.3 Å². The smallest absolute Gasteiger partial charge is 0.273 e. The number of benzene rings is 1. The fourth-order valence-electron chi connectivity index (χ4n) is 2.54. The molecule has 1 atom stereocenters. The summed E-state index contributed by atoms with van der Waals surface area (Å²) in [7, 11) is 0. The third-order valence-electron chi connectivity index (χ3n) is 3.75. The van der Waals surface area contributed by atoms with Crippen LogP contribution in [0, 0.1) is 0 Å². The van der Waals surface area contributed by atoms with Gasteiger partial charge in [-0.1, -0.05) is 24.3 Å². The average Bonchev–Trinajstić information content (AvgIpc) is 2.49. The van der Waals surface area contributed by atoms with Gasteiger partial charge in [0.1, 0.15) is 17.6 Å². The predicted molar refractivity (Wildman–Crippen MR) is 79.7 cm³/mol. The number of piperazine rings is 1. The molecule has 1 aromatic heterocycles. The zero-order valence-electron chi connectivity index (χ0n) is 11.7. The Hall–Kier alpha value is -2.63. The molecule has 2 aromatic rings. The Morgan fingerprint density at radius 1 is 1.43 bits per heavy atom. The van der Waals surface area contributed by atoms with E-state index in [-0.39, 0.29) is 17.5 Å². The van der Waals surface area contributed by atoms with E-state index in [1.165, 1.54) is 4.90 Å². The first-order valence-corrected chi connectivity index (χ1v) is 6.82. The number of carbonyl (C=O) groups excluding carboxylic acids is 2. The third kappa shape index (κ3) is 2.29. The van der Waals surface area contributed by atoms with Crippen LogP contribution in [0.3, 0.4) is 0 Å². The van der Waals surface area contributed by atoms with Crippen molar-refractivity contribution in [2.75, 3.05) is 18.8 Å². The number of pyridine rings is 1. The number of nitrogen functional groups attached to an aromatic ring is 1. The molecule has 108 valence electrons.